The Morgan fingerprint density at radius 1 is 1.05 bits per heavy atom. The van der Waals surface area contributed by atoms with E-state index >= 15 is 0 Å². The number of carbonyl (C=O) groups is 2. The first-order valence-corrected chi connectivity index (χ1v) is 15.9. The number of hydrogen-bond donors (Lipinski definition) is 3. The molecule has 0 saturated heterocycles. The lowest BCUT2D eigenvalue weighted by atomic mass is 9.43. The molecule has 0 aromatic heterocycles. The van der Waals surface area contributed by atoms with E-state index in [2.05, 4.69) is 26.1 Å². The van der Waals surface area contributed by atoms with E-state index in [-0.39, 0.29) is 41.5 Å². The van der Waals surface area contributed by atoms with Crippen molar-refractivity contribution in [1.29, 1.82) is 0 Å². The first kappa shape index (κ1) is 28.8. The van der Waals surface area contributed by atoms with Crippen LogP contribution < -0.4 is 5.32 Å². The van der Waals surface area contributed by atoms with Crippen molar-refractivity contribution in [3.63, 3.8) is 0 Å². The lowest BCUT2D eigenvalue weighted by Gasteiger charge is -2.62. The summed E-state index contributed by atoms with van der Waals surface area (Å²) >= 11 is 0. The molecule has 8 nitrogen and oxygen atoms in total. The van der Waals surface area contributed by atoms with Gasteiger partial charge in [0.2, 0.25) is 5.91 Å². The van der Waals surface area contributed by atoms with Crippen molar-refractivity contribution in [2.75, 3.05) is 12.3 Å². The van der Waals surface area contributed by atoms with Crippen LogP contribution in [0.15, 0.2) is 0 Å². The second-order valence-corrected chi connectivity index (χ2v) is 14.8. The van der Waals surface area contributed by atoms with Crippen LogP contribution in [0.5, 0.6) is 0 Å². The van der Waals surface area contributed by atoms with Gasteiger partial charge >= 0.3 is 5.97 Å². The Labute approximate surface area is 222 Å². The third kappa shape index (κ3) is 5.88. The highest BCUT2D eigenvalue weighted by Gasteiger charge is 2.63. The van der Waals surface area contributed by atoms with E-state index in [9.17, 15) is 23.1 Å². The summed E-state index contributed by atoms with van der Waals surface area (Å²) in [6.45, 7) is 8.50. The summed E-state index contributed by atoms with van der Waals surface area (Å²) in [5.74, 6) is 1.70. The van der Waals surface area contributed by atoms with Crippen molar-refractivity contribution in [2.24, 2.45) is 46.3 Å². The van der Waals surface area contributed by atoms with Crippen LogP contribution in [0, 0.1) is 46.3 Å². The van der Waals surface area contributed by atoms with E-state index in [0.717, 1.165) is 57.8 Å². The zero-order valence-electron chi connectivity index (χ0n) is 22.9. The van der Waals surface area contributed by atoms with Crippen LogP contribution in [0.25, 0.3) is 0 Å². The van der Waals surface area contributed by atoms with E-state index < -0.39 is 15.9 Å². The molecule has 37 heavy (non-hydrogen) atoms. The van der Waals surface area contributed by atoms with Gasteiger partial charge in [0.25, 0.3) is 10.1 Å². The average molecular weight is 542 g/mol. The highest BCUT2D eigenvalue weighted by atomic mass is 32.2. The maximum Gasteiger partial charge on any atom is 0.302 e. The minimum absolute atomic E-state index is 0.0184. The fraction of sp³-hybridized carbons (Fsp3) is 0.929. The van der Waals surface area contributed by atoms with Crippen LogP contribution >= 0.6 is 0 Å². The first-order chi connectivity index (χ1) is 17.2. The fourth-order valence-electron chi connectivity index (χ4n) is 9.47. The molecule has 0 aromatic rings. The number of hydrogen-bond acceptors (Lipinski definition) is 6. The van der Waals surface area contributed by atoms with E-state index in [0.29, 0.717) is 41.9 Å². The van der Waals surface area contributed by atoms with Gasteiger partial charge in [-0.05, 0) is 104 Å². The summed E-state index contributed by atoms with van der Waals surface area (Å²) in [6, 6.07) is 0. The predicted octanol–water partition coefficient (Wildman–Crippen LogP) is 3.97. The largest absolute Gasteiger partial charge is 0.463 e. The third-order valence-electron chi connectivity index (χ3n) is 11.2. The number of fused-ring (bicyclic) bond motifs is 5. The van der Waals surface area contributed by atoms with Gasteiger partial charge < -0.3 is 15.2 Å². The molecule has 0 aromatic carbocycles. The van der Waals surface area contributed by atoms with Crippen molar-refractivity contribution in [3.8, 4) is 0 Å². The Kier molecular flexibility index (Phi) is 8.38. The molecule has 4 saturated carbocycles. The maximum atomic E-state index is 12.2. The molecule has 10 atom stereocenters. The summed E-state index contributed by atoms with van der Waals surface area (Å²) in [5.41, 5.74) is 0.340. The minimum atomic E-state index is -4.07. The Morgan fingerprint density at radius 2 is 1.73 bits per heavy atom. The van der Waals surface area contributed by atoms with Crippen molar-refractivity contribution < 1.29 is 32.4 Å². The van der Waals surface area contributed by atoms with Crippen molar-refractivity contribution in [3.05, 3.63) is 0 Å². The quantitative estimate of drug-likeness (QED) is 0.313. The van der Waals surface area contributed by atoms with Crippen LogP contribution in [0.1, 0.15) is 91.9 Å². The topological polar surface area (TPSA) is 130 Å². The van der Waals surface area contributed by atoms with Gasteiger partial charge in [-0.3, -0.25) is 14.1 Å². The molecule has 4 aliphatic rings. The number of aliphatic hydroxyl groups is 1. The molecule has 4 rings (SSSR count). The van der Waals surface area contributed by atoms with Crippen LogP contribution in [-0.2, 0) is 24.4 Å². The van der Waals surface area contributed by atoms with Gasteiger partial charge in [0.15, 0.2) is 0 Å². The third-order valence-corrected chi connectivity index (χ3v) is 12.0. The molecule has 0 radical (unpaired) electrons. The van der Waals surface area contributed by atoms with Gasteiger partial charge in [0.05, 0.1) is 11.9 Å². The normalized spacial score (nSPS) is 42.2. The molecule has 1 amide bonds. The van der Waals surface area contributed by atoms with Gasteiger partial charge in [-0.1, -0.05) is 20.8 Å². The Bertz CT molecular complexity index is 970. The number of esters is 1. The van der Waals surface area contributed by atoms with Crippen molar-refractivity contribution in [1.82, 2.24) is 5.32 Å². The monoisotopic (exact) mass is 541 g/mol. The molecule has 0 aliphatic heterocycles. The van der Waals surface area contributed by atoms with E-state index in [1.165, 1.54) is 6.92 Å². The number of amides is 1. The number of carbonyl (C=O) groups excluding carboxylic acids is 2. The van der Waals surface area contributed by atoms with Gasteiger partial charge in [0.1, 0.15) is 6.10 Å². The molecule has 4 fully saturated rings. The van der Waals surface area contributed by atoms with E-state index in [1.807, 2.05) is 0 Å². The van der Waals surface area contributed by atoms with Crippen LogP contribution in [0.4, 0.5) is 0 Å². The molecule has 0 bridgehead atoms. The smallest absolute Gasteiger partial charge is 0.302 e. The second kappa shape index (κ2) is 10.8. The highest BCUT2D eigenvalue weighted by molar-refractivity contribution is 7.85. The van der Waals surface area contributed by atoms with Crippen LogP contribution in [0.2, 0.25) is 0 Å². The number of ether oxygens (including phenoxy) is 1. The number of nitrogens with one attached hydrogen (secondary N) is 1. The Morgan fingerprint density at radius 3 is 2.41 bits per heavy atom. The molecule has 0 spiro atoms. The molecule has 3 N–H and O–H groups in total. The Balaban J connectivity index is 1.38. The molecular formula is C28H47NO7S. The number of rotatable bonds is 8. The van der Waals surface area contributed by atoms with Crippen molar-refractivity contribution in [2.45, 2.75) is 104 Å². The molecule has 212 valence electrons. The molecule has 9 heteroatoms. The predicted molar refractivity (Wildman–Crippen MR) is 140 cm³/mol. The standard InChI is InChI=1S/C28H47NO7S/c1-17(5-8-25(32)29-13-14-37(33,34)35)21-6-7-22-26-23(10-12-28(21,22)4)27(3)11-9-20(36-18(2)30)15-19(27)16-24(26)31/h17,19-24,26,31H,5-16H2,1-4H3,(H,29,32)(H,33,34,35)/t17-,19?,20-,21-,22+,23+,24+,26+,27+,28-/m1/s1. The van der Waals surface area contributed by atoms with Gasteiger partial charge in [-0.2, -0.15) is 8.42 Å². The zero-order chi connectivity index (χ0) is 27.2. The lowest BCUT2D eigenvalue weighted by Crippen LogP contribution is -2.58. The van der Waals surface area contributed by atoms with E-state index in [1.54, 1.807) is 0 Å². The Hall–Kier alpha value is -1.19. The summed E-state index contributed by atoms with van der Waals surface area (Å²) in [5, 5.41) is 14.1. The SMILES string of the molecule is CC(=O)O[C@@H]1CC[C@@]2(C)C(C1)C[C@H](O)[C@H]1[C@@H]3CC[C@H]([C@H](C)CCC(=O)NCCS(=O)(=O)O)[C@@]3(C)CC[C@@H]12. The second-order valence-electron chi connectivity index (χ2n) is 13.2. The van der Waals surface area contributed by atoms with Crippen molar-refractivity contribution >= 4 is 22.0 Å². The molecule has 4 aliphatic carbocycles. The maximum absolute atomic E-state index is 12.2. The molecule has 0 heterocycles. The fourth-order valence-corrected chi connectivity index (χ4v) is 9.83. The highest BCUT2D eigenvalue weighted by Crippen LogP contribution is 2.68. The van der Waals surface area contributed by atoms with Gasteiger partial charge in [-0.25, -0.2) is 0 Å². The van der Waals surface area contributed by atoms with Crippen LogP contribution in [0.3, 0.4) is 0 Å². The van der Waals surface area contributed by atoms with E-state index in [4.69, 9.17) is 9.29 Å². The summed E-state index contributed by atoms with van der Waals surface area (Å²) in [6.07, 6.45) is 8.92. The minimum Gasteiger partial charge on any atom is -0.463 e. The summed E-state index contributed by atoms with van der Waals surface area (Å²) in [7, 11) is -4.07. The molecule has 1 unspecified atom stereocenters. The lowest BCUT2D eigenvalue weighted by molar-refractivity contribution is -0.182. The summed E-state index contributed by atoms with van der Waals surface area (Å²) < 4.78 is 36.1. The number of aliphatic hydroxyl groups excluding tert-OH is 1. The average Bonchev–Trinajstić information content (AvgIpc) is 3.14. The zero-order valence-corrected chi connectivity index (χ0v) is 23.8. The first-order valence-electron chi connectivity index (χ1n) is 14.3. The molecular weight excluding hydrogens is 494 g/mol. The van der Waals surface area contributed by atoms with Gasteiger partial charge in [-0.15, -0.1) is 0 Å². The summed E-state index contributed by atoms with van der Waals surface area (Å²) in [4.78, 5) is 23.8. The van der Waals surface area contributed by atoms with Crippen LogP contribution in [-0.4, -0.2) is 54.5 Å². The van der Waals surface area contributed by atoms with Gasteiger partial charge in [0, 0.05) is 19.9 Å².